The molecule has 1 heterocycles. The Labute approximate surface area is 151 Å². The first-order chi connectivity index (χ1) is 11.7. The summed E-state index contributed by atoms with van der Waals surface area (Å²) in [5.41, 5.74) is 3.03. The molecule has 134 valence electrons. The molecule has 7 heteroatoms. The fraction of sp³-hybridized carbons (Fsp3) is 0.333. The Bertz CT molecular complexity index is 812. The van der Waals surface area contributed by atoms with Gasteiger partial charge >= 0.3 is 5.97 Å². The topological polar surface area (TPSA) is 80.6 Å². The number of hydrogen-bond acceptors (Lipinski definition) is 3. The van der Waals surface area contributed by atoms with E-state index in [-0.39, 0.29) is 22.7 Å². The number of rotatable bonds is 6. The number of nitrogens with zero attached hydrogens (tertiary/aromatic N) is 1. The summed E-state index contributed by atoms with van der Waals surface area (Å²) in [4.78, 5) is 23.1. The minimum Gasteiger partial charge on any atom is -0.480 e. The minimum absolute atomic E-state index is 0.227. The van der Waals surface area contributed by atoms with Crippen molar-refractivity contribution in [3.63, 3.8) is 0 Å². The molecule has 0 radical (unpaired) electrons. The van der Waals surface area contributed by atoms with Crippen LogP contribution in [0.5, 0.6) is 5.75 Å². The predicted molar refractivity (Wildman–Crippen MR) is 96.8 cm³/mol. The highest BCUT2D eigenvalue weighted by Gasteiger charge is 2.17. The van der Waals surface area contributed by atoms with Gasteiger partial charge in [-0.25, -0.2) is 4.79 Å². The molecule has 0 aliphatic rings. The van der Waals surface area contributed by atoms with Crippen molar-refractivity contribution in [2.75, 3.05) is 11.9 Å². The summed E-state index contributed by atoms with van der Waals surface area (Å²) < 4.78 is 7.16. The van der Waals surface area contributed by atoms with Gasteiger partial charge in [0.25, 0.3) is 5.91 Å². The van der Waals surface area contributed by atoms with Crippen molar-refractivity contribution < 1.29 is 19.4 Å². The number of anilines is 1. The number of carboxylic acid groups (broad SMARTS) is 1. The standard InChI is InChI=1S/C18H21ClN2O4/c1-10(2)21-11(3)7-14(12(21)4)18(24)20-13-5-6-16(15(19)8-13)25-9-17(22)23/h5-8,10H,9H2,1-4H3,(H,20,24)(H,22,23). The second-order valence-corrected chi connectivity index (χ2v) is 6.44. The van der Waals surface area contributed by atoms with Gasteiger partial charge in [0, 0.05) is 23.1 Å². The second-order valence-electron chi connectivity index (χ2n) is 6.03. The molecule has 0 aliphatic heterocycles. The third kappa shape index (κ3) is 4.33. The second kappa shape index (κ2) is 7.61. The first-order valence-electron chi connectivity index (χ1n) is 7.84. The van der Waals surface area contributed by atoms with Crippen LogP contribution in [0, 0.1) is 13.8 Å². The molecule has 0 aliphatic carbocycles. The molecule has 6 nitrogen and oxygen atoms in total. The highest BCUT2D eigenvalue weighted by molar-refractivity contribution is 6.32. The van der Waals surface area contributed by atoms with E-state index in [4.69, 9.17) is 21.4 Å². The third-order valence-corrected chi connectivity index (χ3v) is 4.08. The first kappa shape index (κ1) is 18.9. The molecule has 0 unspecified atom stereocenters. The zero-order chi connectivity index (χ0) is 18.7. The van der Waals surface area contributed by atoms with Gasteiger partial charge in [-0.2, -0.15) is 0 Å². The monoisotopic (exact) mass is 364 g/mol. The van der Waals surface area contributed by atoms with Gasteiger partial charge in [0.1, 0.15) is 5.75 Å². The number of aromatic nitrogens is 1. The van der Waals surface area contributed by atoms with Gasteiger partial charge in [-0.15, -0.1) is 0 Å². The average molecular weight is 365 g/mol. The lowest BCUT2D eigenvalue weighted by molar-refractivity contribution is -0.139. The van der Waals surface area contributed by atoms with Crippen LogP contribution in [-0.4, -0.2) is 28.2 Å². The van der Waals surface area contributed by atoms with Gasteiger partial charge in [-0.3, -0.25) is 4.79 Å². The number of carbonyl (C=O) groups is 2. The van der Waals surface area contributed by atoms with E-state index in [1.807, 2.05) is 19.9 Å². The number of aryl methyl sites for hydroxylation is 1. The third-order valence-electron chi connectivity index (χ3n) is 3.79. The van der Waals surface area contributed by atoms with Gasteiger partial charge < -0.3 is 19.7 Å². The number of benzene rings is 1. The van der Waals surface area contributed by atoms with Gasteiger partial charge in [-0.1, -0.05) is 11.6 Å². The maximum absolute atomic E-state index is 12.6. The maximum Gasteiger partial charge on any atom is 0.341 e. The van der Waals surface area contributed by atoms with Gasteiger partial charge in [-0.05, 0) is 52.0 Å². The summed E-state index contributed by atoms with van der Waals surface area (Å²) in [6.45, 7) is 7.54. The normalized spacial score (nSPS) is 10.8. The van der Waals surface area contributed by atoms with Gasteiger partial charge in [0.15, 0.2) is 6.61 Å². The lowest BCUT2D eigenvalue weighted by atomic mass is 10.2. The zero-order valence-electron chi connectivity index (χ0n) is 14.6. The number of nitrogens with one attached hydrogen (secondary N) is 1. The molecule has 2 rings (SSSR count). The highest BCUT2D eigenvalue weighted by Crippen LogP contribution is 2.28. The van der Waals surface area contributed by atoms with E-state index < -0.39 is 12.6 Å². The Hall–Kier alpha value is -2.47. The number of carboxylic acids is 1. The summed E-state index contributed by atoms with van der Waals surface area (Å²) in [5.74, 6) is -1.07. The average Bonchev–Trinajstić information content (AvgIpc) is 2.81. The van der Waals surface area contributed by atoms with Crippen LogP contribution in [0.3, 0.4) is 0 Å². The maximum atomic E-state index is 12.6. The van der Waals surface area contributed by atoms with E-state index in [1.165, 1.54) is 12.1 Å². The lowest BCUT2D eigenvalue weighted by Crippen LogP contribution is -2.14. The van der Waals surface area contributed by atoms with Crippen LogP contribution >= 0.6 is 11.6 Å². The number of amides is 1. The van der Waals surface area contributed by atoms with Crippen LogP contribution < -0.4 is 10.1 Å². The largest absolute Gasteiger partial charge is 0.480 e. The summed E-state index contributed by atoms with van der Waals surface area (Å²) in [7, 11) is 0. The Morgan fingerprint density at radius 1 is 1.28 bits per heavy atom. The fourth-order valence-corrected chi connectivity index (χ4v) is 3.07. The molecule has 2 aromatic rings. The molecule has 2 N–H and O–H groups in total. The first-order valence-corrected chi connectivity index (χ1v) is 8.22. The number of carbonyl (C=O) groups excluding carboxylic acids is 1. The van der Waals surface area contributed by atoms with Crippen molar-refractivity contribution in [1.29, 1.82) is 0 Å². The summed E-state index contributed by atoms with van der Waals surface area (Å²) in [6, 6.07) is 6.79. The summed E-state index contributed by atoms with van der Waals surface area (Å²) >= 11 is 6.07. The van der Waals surface area contributed by atoms with E-state index >= 15 is 0 Å². The van der Waals surface area contributed by atoms with Crippen LogP contribution in [-0.2, 0) is 4.79 Å². The quantitative estimate of drug-likeness (QED) is 0.810. The van der Waals surface area contributed by atoms with Gasteiger partial charge in [0.2, 0.25) is 0 Å². The van der Waals surface area contributed by atoms with Crippen LogP contribution in [0.2, 0.25) is 5.02 Å². The number of hydrogen-bond donors (Lipinski definition) is 2. The predicted octanol–water partition coefficient (Wildman–Crippen LogP) is 4.05. The van der Waals surface area contributed by atoms with E-state index in [9.17, 15) is 9.59 Å². The van der Waals surface area contributed by atoms with E-state index in [0.29, 0.717) is 11.3 Å². The molecule has 1 aromatic heterocycles. The number of halogens is 1. The van der Waals surface area contributed by atoms with Crippen molar-refractivity contribution in [3.8, 4) is 5.75 Å². The van der Waals surface area contributed by atoms with E-state index in [0.717, 1.165) is 11.4 Å². The molecule has 0 saturated heterocycles. The Morgan fingerprint density at radius 3 is 2.48 bits per heavy atom. The van der Waals surface area contributed by atoms with Crippen LogP contribution in [0.15, 0.2) is 24.3 Å². The minimum atomic E-state index is -1.09. The van der Waals surface area contributed by atoms with E-state index in [1.54, 1.807) is 6.07 Å². The van der Waals surface area contributed by atoms with Crippen molar-refractivity contribution in [1.82, 2.24) is 4.57 Å². The molecule has 0 fully saturated rings. The molecular formula is C18H21ClN2O4. The van der Waals surface area contributed by atoms with E-state index in [2.05, 4.69) is 23.7 Å². The van der Waals surface area contributed by atoms with Crippen LogP contribution in [0.4, 0.5) is 5.69 Å². The molecule has 0 bridgehead atoms. The van der Waals surface area contributed by atoms with Crippen LogP contribution in [0.1, 0.15) is 41.6 Å². The molecule has 25 heavy (non-hydrogen) atoms. The molecule has 1 aromatic carbocycles. The van der Waals surface area contributed by atoms with Crippen LogP contribution in [0.25, 0.3) is 0 Å². The Balaban J connectivity index is 2.17. The Morgan fingerprint density at radius 2 is 1.96 bits per heavy atom. The summed E-state index contributed by atoms with van der Waals surface area (Å²) in [6.07, 6.45) is 0. The number of ether oxygens (including phenoxy) is 1. The molecule has 0 atom stereocenters. The van der Waals surface area contributed by atoms with Crippen molar-refractivity contribution in [3.05, 3.63) is 46.2 Å². The van der Waals surface area contributed by atoms with Crippen molar-refractivity contribution >= 4 is 29.2 Å². The Kier molecular flexibility index (Phi) is 5.74. The number of aliphatic carboxylic acids is 1. The van der Waals surface area contributed by atoms with Crippen molar-refractivity contribution in [2.24, 2.45) is 0 Å². The van der Waals surface area contributed by atoms with Gasteiger partial charge in [0.05, 0.1) is 10.6 Å². The lowest BCUT2D eigenvalue weighted by Gasteiger charge is -2.14. The SMILES string of the molecule is Cc1cc(C(=O)Nc2ccc(OCC(=O)O)c(Cl)c2)c(C)n1C(C)C. The highest BCUT2D eigenvalue weighted by atomic mass is 35.5. The zero-order valence-corrected chi connectivity index (χ0v) is 15.3. The van der Waals surface area contributed by atoms with Crippen molar-refractivity contribution in [2.45, 2.75) is 33.7 Å². The summed E-state index contributed by atoms with van der Waals surface area (Å²) in [5, 5.41) is 11.7. The molecular weight excluding hydrogens is 344 g/mol. The fourth-order valence-electron chi connectivity index (χ4n) is 2.84. The molecule has 0 spiro atoms. The molecule has 1 amide bonds. The smallest absolute Gasteiger partial charge is 0.341 e. The molecule has 0 saturated carbocycles.